The Hall–Kier alpha value is -4.47. The van der Waals surface area contributed by atoms with Crippen LogP contribution in [0.4, 0.5) is 13.2 Å². The molecule has 5 aromatic rings. The van der Waals surface area contributed by atoms with E-state index in [0.717, 1.165) is 5.56 Å². The number of nitrogens with zero attached hydrogens (tertiary/aromatic N) is 3. The van der Waals surface area contributed by atoms with Gasteiger partial charge in [0, 0.05) is 0 Å². The molecule has 0 bridgehead atoms. The number of carbonyl (C=O) groups is 1. The number of amides is 1. The quantitative estimate of drug-likeness (QED) is 0.397. The second kappa shape index (κ2) is 8.71. The van der Waals surface area contributed by atoms with E-state index in [1.54, 1.807) is 54.6 Å². The lowest BCUT2D eigenvalue weighted by Gasteiger charge is -2.20. The maximum atomic E-state index is 13.1. The first-order chi connectivity index (χ1) is 16.8. The van der Waals surface area contributed by atoms with Gasteiger partial charge < -0.3 is 10.3 Å². The van der Waals surface area contributed by atoms with Gasteiger partial charge in [-0.05, 0) is 35.4 Å². The van der Waals surface area contributed by atoms with Gasteiger partial charge in [-0.3, -0.25) is 14.2 Å². The molecule has 0 saturated heterocycles. The Kier molecular flexibility index (Phi) is 5.56. The summed E-state index contributed by atoms with van der Waals surface area (Å²) in [5, 5.41) is 3.29. The van der Waals surface area contributed by atoms with Crippen molar-refractivity contribution in [3.8, 4) is 0 Å². The zero-order valence-corrected chi connectivity index (χ0v) is 18.1. The molecule has 3 aromatic carbocycles. The molecule has 0 saturated carbocycles. The molecule has 0 radical (unpaired) electrons. The summed E-state index contributed by atoms with van der Waals surface area (Å²) < 4.78 is 40.4. The van der Waals surface area contributed by atoms with Crippen molar-refractivity contribution in [3.05, 3.63) is 106 Å². The summed E-state index contributed by atoms with van der Waals surface area (Å²) in [6.45, 7) is -0.273. The maximum absolute atomic E-state index is 13.1. The lowest BCUT2D eigenvalue weighted by Crippen LogP contribution is -2.35. The van der Waals surface area contributed by atoms with Crippen LogP contribution in [-0.4, -0.2) is 25.4 Å². The van der Waals surface area contributed by atoms with E-state index in [0.29, 0.717) is 16.5 Å². The van der Waals surface area contributed by atoms with Gasteiger partial charge in [-0.2, -0.15) is 13.2 Å². The number of halogens is 3. The summed E-state index contributed by atoms with van der Waals surface area (Å²) in [6, 6.07) is 19.8. The molecule has 5 rings (SSSR count). The maximum Gasteiger partial charge on any atom is 0.449 e. The number of alkyl halides is 3. The van der Waals surface area contributed by atoms with Crippen LogP contribution in [-0.2, 0) is 17.5 Å². The van der Waals surface area contributed by atoms with Gasteiger partial charge in [0.15, 0.2) is 0 Å². The number of hydrogen-bond acceptors (Lipinski definition) is 4. The molecule has 35 heavy (non-hydrogen) atoms. The number of imidazole rings is 1. The molecule has 1 atom stereocenters. The van der Waals surface area contributed by atoms with Crippen molar-refractivity contribution in [1.29, 1.82) is 0 Å². The minimum atomic E-state index is -4.60. The highest BCUT2D eigenvalue weighted by atomic mass is 19.4. The van der Waals surface area contributed by atoms with Gasteiger partial charge in [0.05, 0.1) is 34.3 Å². The van der Waals surface area contributed by atoms with Gasteiger partial charge in [0.1, 0.15) is 6.54 Å². The molecule has 0 unspecified atom stereocenters. The number of nitrogens with one attached hydrogen (secondary N) is 2. The topological polar surface area (TPSA) is 92.7 Å². The molecule has 0 aliphatic heterocycles. The Balaban J connectivity index is 1.47. The van der Waals surface area contributed by atoms with Crippen molar-refractivity contribution in [2.75, 3.05) is 0 Å². The zero-order chi connectivity index (χ0) is 24.6. The highest BCUT2D eigenvalue weighted by molar-refractivity contribution is 5.80. The van der Waals surface area contributed by atoms with Crippen molar-refractivity contribution in [2.24, 2.45) is 0 Å². The summed E-state index contributed by atoms with van der Waals surface area (Å²) in [5.74, 6) is -1.55. The highest BCUT2D eigenvalue weighted by Gasteiger charge is 2.34. The third-order valence-electron chi connectivity index (χ3n) is 5.59. The number of fused-ring (bicyclic) bond motifs is 2. The first kappa shape index (κ1) is 22.3. The van der Waals surface area contributed by atoms with E-state index in [9.17, 15) is 22.8 Å². The van der Waals surface area contributed by atoms with Crippen molar-refractivity contribution < 1.29 is 18.0 Å². The van der Waals surface area contributed by atoms with Crippen LogP contribution >= 0.6 is 0 Å². The van der Waals surface area contributed by atoms with Crippen LogP contribution in [0.5, 0.6) is 0 Å². The van der Waals surface area contributed by atoms with E-state index < -0.39 is 23.9 Å². The lowest BCUT2D eigenvalue weighted by atomic mass is 9.98. The predicted octanol–water partition coefficient (Wildman–Crippen LogP) is 4.20. The van der Waals surface area contributed by atoms with Crippen molar-refractivity contribution in [2.45, 2.75) is 18.8 Å². The number of aromatic amines is 1. The summed E-state index contributed by atoms with van der Waals surface area (Å²) in [4.78, 5) is 35.9. The summed E-state index contributed by atoms with van der Waals surface area (Å²) in [6.07, 6.45) is -3.29. The monoisotopic (exact) mass is 477 g/mol. The number of hydrogen-bond donors (Lipinski definition) is 2. The molecule has 1 amide bonds. The van der Waals surface area contributed by atoms with Gasteiger partial charge in [-0.25, -0.2) is 9.97 Å². The first-order valence-electron chi connectivity index (χ1n) is 10.6. The van der Waals surface area contributed by atoms with Crippen molar-refractivity contribution in [3.63, 3.8) is 0 Å². The van der Waals surface area contributed by atoms with Gasteiger partial charge in [0.25, 0.3) is 5.56 Å². The van der Waals surface area contributed by atoms with E-state index in [4.69, 9.17) is 0 Å². The molecule has 2 N–H and O–H groups in total. The van der Waals surface area contributed by atoms with Crippen molar-refractivity contribution in [1.82, 2.24) is 24.8 Å². The van der Waals surface area contributed by atoms with Gasteiger partial charge in [-0.15, -0.1) is 0 Å². The van der Waals surface area contributed by atoms with Gasteiger partial charge in [-0.1, -0.05) is 48.5 Å². The fourth-order valence-corrected chi connectivity index (χ4v) is 3.93. The average molecular weight is 477 g/mol. The highest BCUT2D eigenvalue weighted by Crippen LogP contribution is 2.30. The van der Waals surface area contributed by atoms with E-state index in [1.807, 2.05) is 6.07 Å². The molecule has 0 spiro atoms. The zero-order valence-electron chi connectivity index (χ0n) is 18.1. The van der Waals surface area contributed by atoms with Gasteiger partial charge >= 0.3 is 6.18 Å². The molecule has 7 nitrogen and oxygen atoms in total. The third kappa shape index (κ3) is 4.50. The van der Waals surface area contributed by atoms with E-state index in [1.165, 1.54) is 23.0 Å². The fraction of sp³-hybridized carbons (Fsp3) is 0.120. The fourth-order valence-electron chi connectivity index (χ4n) is 3.93. The van der Waals surface area contributed by atoms with E-state index in [2.05, 4.69) is 20.3 Å². The lowest BCUT2D eigenvalue weighted by molar-refractivity contribution is -0.144. The van der Waals surface area contributed by atoms with E-state index >= 15 is 0 Å². The number of carbonyl (C=O) groups excluding carboxylic acids is 1. The minimum Gasteiger partial charge on any atom is -0.344 e. The Bertz CT molecular complexity index is 1590. The van der Waals surface area contributed by atoms with Gasteiger partial charge in [0.2, 0.25) is 11.7 Å². The molecular formula is C25H18F3N5O2. The SMILES string of the molecule is O=C(Cn1cnc2ccccc2c1=O)N[C@@H](c1ccccc1)c1ccc2nc(C(F)(F)F)[nH]c2c1. The predicted molar refractivity (Wildman–Crippen MR) is 124 cm³/mol. The van der Waals surface area contributed by atoms with Crippen LogP contribution in [0.25, 0.3) is 21.9 Å². The largest absolute Gasteiger partial charge is 0.449 e. The van der Waals surface area contributed by atoms with Crippen LogP contribution in [0.1, 0.15) is 23.0 Å². The summed E-state index contributed by atoms with van der Waals surface area (Å²) in [5.41, 5.74) is 1.81. The Labute approximate surface area is 196 Å². The standard InChI is InChI=1S/C25H18F3N5O2/c26-25(27,28)24-30-19-11-10-16(12-20(19)31-24)22(15-6-2-1-3-7-15)32-21(34)13-33-14-29-18-9-5-4-8-17(18)23(33)35/h1-12,14,22H,13H2,(H,30,31)(H,32,34)/t22-/m0/s1. The molecule has 0 aliphatic carbocycles. The minimum absolute atomic E-state index is 0.160. The Morgan fingerprint density at radius 2 is 1.71 bits per heavy atom. The van der Waals surface area contributed by atoms with Crippen LogP contribution in [0.3, 0.4) is 0 Å². The molecule has 10 heteroatoms. The molecule has 0 aliphatic rings. The molecule has 2 heterocycles. The molecule has 176 valence electrons. The number of H-pyrrole nitrogens is 1. The molecular weight excluding hydrogens is 459 g/mol. The summed E-state index contributed by atoms with van der Waals surface area (Å²) in [7, 11) is 0. The average Bonchev–Trinajstić information content (AvgIpc) is 3.29. The number of para-hydroxylation sites is 1. The smallest absolute Gasteiger partial charge is 0.344 e. The second-order valence-corrected chi connectivity index (χ2v) is 7.97. The normalized spacial score (nSPS) is 12.7. The van der Waals surface area contributed by atoms with Crippen molar-refractivity contribution >= 4 is 27.8 Å². The third-order valence-corrected chi connectivity index (χ3v) is 5.59. The van der Waals surface area contributed by atoms with Crippen LogP contribution in [0.15, 0.2) is 83.9 Å². The van der Waals surface area contributed by atoms with Crippen LogP contribution in [0, 0.1) is 0 Å². The van der Waals surface area contributed by atoms with Crippen LogP contribution < -0.4 is 10.9 Å². The number of aromatic nitrogens is 4. The number of rotatable bonds is 5. The number of benzene rings is 3. The summed E-state index contributed by atoms with van der Waals surface area (Å²) >= 11 is 0. The molecule has 0 fully saturated rings. The van der Waals surface area contributed by atoms with Crippen LogP contribution in [0.2, 0.25) is 0 Å². The first-order valence-corrected chi connectivity index (χ1v) is 10.6. The second-order valence-electron chi connectivity index (χ2n) is 7.97. The molecule has 2 aromatic heterocycles. The Morgan fingerprint density at radius 1 is 0.971 bits per heavy atom. The Morgan fingerprint density at radius 3 is 2.49 bits per heavy atom. The van der Waals surface area contributed by atoms with E-state index in [-0.39, 0.29) is 23.1 Å².